The Kier molecular flexibility index (Phi) is 4.62. The van der Waals surface area contributed by atoms with Crippen LogP contribution < -0.4 is 9.47 Å². The minimum atomic E-state index is -1.08. The molecule has 4 rings (SSSR count). The van der Waals surface area contributed by atoms with E-state index in [1.807, 2.05) is 24.3 Å². The summed E-state index contributed by atoms with van der Waals surface area (Å²) in [6.07, 6.45) is 2.69. The Morgan fingerprint density at radius 3 is 2.59 bits per heavy atom. The van der Waals surface area contributed by atoms with Crippen molar-refractivity contribution < 1.29 is 23.4 Å². The van der Waals surface area contributed by atoms with Crippen molar-refractivity contribution in [3.05, 3.63) is 66.6 Å². The topological polar surface area (TPSA) is 57.7 Å². The van der Waals surface area contributed by atoms with Gasteiger partial charge in [-0.2, -0.15) is 0 Å². The minimum Gasteiger partial charge on any atom is -0.489 e. The van der Waals surface area contributed by atoms with Crippen molar-refractivity contribution in [1.29, 1.82) is 0 Å². The van der Waals surface area contributed by atoms with Crippen molar-refractivity contribution in [3.63, 3.8) is 0 Å². The molecule has 0 N–H and O–H groups in total. The third kappa shape index (κ3) is 3.69. The molecule has 5 nitrogen and oxygen atoms in total. The maximum atomic E-state index is 13.7. The van der Waals surface area contributed by atoms with Gasteiger partial charge >= 0.3 is 5.97 Å². The number of hydrogen-bond donors (Lipinski definition) is 0. The molecule has 0 aliphatic heterocycles. The summed E-state index contributed by atoms with van der Waals surface area (Å²) in [4.78, 5) is 16.6. The monoisotopic (exact) mass is 367 g/mol. The van der Waals surface area contributed by atoms with E-state index in [1.54, 1.807) is 24.4 Å². The fourth-order valence-corrected chi connectivity index (χ4v) is 2.81. The van der Waals surface area contributed by atoms with Gasteiger partial charge in [0, 0.05) is 24.4 Å². The van der Waals surface area contributed by atoms with Crippen LogP contribution in [0.1, 0.15) is 12.8 Å². The lowest BCUT2D eigenvalue weighted by molar-refractivity contribution is -0.155. The lowest BCUT2D eigenvalue weighted by Crippen LogP contribution is -2.32. The molecule has 0 amide bonds. The van der Waals surface area contributed by atoms with Crippen LogP contribution in [0, 0.1) is 5.82 Å². The van der Waals surface area contributed by atoms with E-state index in [0.717, 1.165) is 10.9 Å². The number of carbonyl (C=O) groups is 1. The molecule has 1 saturated carbocycles. The number of ether oxygens (including phenoxy) is 3. The maximum Gasteiger partial charge on any atom is 0.350 e. The Morgan fingerprint density at radius 1 is 1.00 bits per heavy atom. The Balaban J connectivity index is 1.31. The van der Waals surface area contributed by atoms with Crippen LogP contribution in [0.4, 0.5) is 4.39 Å². The van der Waals surface area contributed by atoms with Gasteiger partial charge in [-0.15, -0.1) is 0 Å². The number of halogens is 1. The van der Waals surface area contributed by atoms with Crippen LogP contribution in [0.2, 0.25) is 0 Å². The quantitative estimate of drug-likeness (QED) is 0.468. The zero-order chi connectivity index (χ0) is 18.7. The predicted molar refractivity (Wildman–Crippen MR) is 97.2 cm³/mol. The predicted octanol–water partition coefficient (Wildman–Crippen LogP) is 3.91. The molecule has 1 aliphatic carbocycles. The van der Waals surface area contributed by atoms with E-state index >= 15 is 0 Å². The number of rotatable bonds is 7. The van der Waals surface area contributed by atoms with Gasteiger partial charge in [0.25, 0.3) is 0 Å². The summed E-state index contributed by atoms with van der Waals surface area (Å²) in [5.74, 6) is -0.245. The first-order valence-electron chi connectivity index (χ1n) is 8.75. The Morgan fingerprint density at radius 2 is 1.78 bits per heavy atom. The van der Waals surface area contributed by atoms with Crippen LogP contribution in [0.25, 0.3) is 10.9 Å². The lowest BCUT2D eigenvalue weighted by atomic mass is 10.2. The summed E-state index contributed by atoms with van der Waals surface area (Å²) >= 11 is 0. The second-order valence-corrected chi connectivity index (χ2v) is 6.34. The largest absolute Gasteiger partial charge is 0.489 e. The van der Waals surface area contributed by atoms with E-state index in [2.05, 4.69) is 4.98 Å². The number of fused-ring (bicyclic) bond motifs is 1. The summed E-state index contributed by atoms with van der Waals surface area (Å²) in [5, 5.41) is 0.896. The number of nitrogens with zero attached hydrogens (tertiary/aromatic N) is 1. The highest BCUT2D eigenvalue weighted by Crippen LogP contribution is 2.42. The number of benzene rings is 2. The molecule has 0 saturated heterocycles. The summed E-state index contributed by atoms with van der Waals surface area (Å²) < 4.78 is 30.3. The number of carbonyl (C=O) groups excluding carboxylic acids is 1. The second-order valence-electron chi connectivity index (χ2n) is 6.34. The molecule has 1 aliphatic rings. The van der Waals surface area contributed by atoms with Crippen LogP contribution in [-0.4, -0.2) is 29.8 Å². The van der Waals surface area contributed by atoms with E-state index in [0.29, 0.717) is 18.6 Å². The molecular formula is C21H18FNO4. The fraction of sp³-hybridized carbons (Fsp3) is 0.238. The molecule has 0 bridgehead atoms. The van der Waals surface area contributed by atoms with E-state index in [9.17, 15) is 9.18 Å². The first-order valence-corrected chi connectivity index (χ1v) is 8.75. The van der Waals surface area contributed by atoms with Crippen LogP contribution in [0.3, 0.4) is 0 Å². The maximum absolute atomic E-state index is 13.7. The number of hydrogen-bond acceptors (Lipinski definition) is 5. The van der Waals surface area contributed by atoms with Crippen molar-refractivity contribution in [3.8, 4) is 11.5 Å². The average Bonchev–Trinajstić information content (AvgIpc) is 3.48. The molecule has 1 heterocycles. The molecule has 138 valence electrons. The first-order chi connectivity index (χ1) is 13.2. The number of aromatic nitrogens is 1. The fourth-order valence-electron chi connectivity index (χ4n) is 2.81. The molecule has 0 unspecified atom stereocenters. The molecule has 0 spiro atoms. The van der Waals surface area contributed by atoms with Crippen molar-refractivity contribution in [2.24, 2.45) is 0 Å². The smallest absolute Gasteiger partial charge is 0.350 e. The van der Waals surface area contributed by atoms with Gasteiger partial charge in [0.05, 0.1) is 5.52 Å². The van der Waals surface area contributed by atoms with Gasteiger partial charge in [0.2, 0.25) is 5.60 Å². The molecule has 0 radical (unpaired) electrons. The highest BCUT2D eigenvalue weighted by Gasteiger charge is 2.55. The molecule has 27 heavy (non-hydrogen) atoms. The highest BCUT2D eigenvalue weighted by atomic mass is 19.1. The number of pyridine rings is 1. The zero-order valence-corrected chi connectivity index (χ0v) is 14.6. The number of para-hydroxylation sites is 2. The van der Waals surface area contributed by atoms with Gasteiger partial charge in [-0.05, 0) is 30.3 Å². The molecule has 3 aromatic rings. The molecule has 6 heteroatoms. The first kappa shape index (κ1) is 17.3. The third-order valence-electron chi connectivity index (χ3n) is 4.40. The van der Waals surface area contributed by atoms with Gasteiger partial charge < -0.3 is 14.2 Å². The SMILES string of the molecule is O=C(OCCOc1ccnc2ccccc12)C1(Oc2ccccc2F)CC1. The van der Waals surface area contributed by atoms with E-state index in [4.69, 9.17) is 14.2 Å². The van der Waals surface area contributed by atoms with Gasteiger partial charge in [-0.25, -0.2) is 9.18 Å². The second kappa shape index (κ2) is 7.23. The standard InChI is InChI=1S/C21H18FNO4/c22-16-6-2-4-8-19(16)27-21(10-11-21)20(24)26-14-13-25-18-9-12-23-17-7-3-1-5-15(17)18/h1-9,12H,10-11,13-14H2. The van der Waals surface area contributed by atoms with Crippen molar-refractivity contribution in [2.45, 2.75) is 18.4 Å². The van der Waals surface area contributed by atoms with Crippen LogP contribution >= 0.6 is 0 Å². The van der Waals surface area contributed by atoms with Gasteiger partial charge in [0.1, 0.15) is 19.0 Å². The minimum absolute atomic E-state index is 0.0615. The summed E-state index contributed by atoms with van der Waals surface area (Å²) in [5.41, 5.74) is -0.242. The van der Waals surface area contributed by atoms with Crippen LogP contribution in [-0.2, 0) is 9.53 Å². The Labute approximate surface area is 155 Å². The molecule has 2 aromatic carbocycles. The number of esters is 1. The molecule has 1 fully saturated rings. The van der Waals surface area contributed by atoms with Crippen LogP contribution in [0.5, 0.6) is 11.5 Å². The normalized spacial score (nSPS) is 14.6. The molecule has 0 atom stereocenters. The van der Waals surface area contributed by atoms with Crippen LogP contribution in [0.15, 0.2) is 60.8 Å². The van der Waals surface area contributed by atoms with Crippen molar-refractivity contribution in [1.82, 2.24) is 4.98 Å². The van der Waals surface area contributed by atoms with Gasteiger partial charge in [-0.3, -0.25) is 4.98 Å². The van der Waals surface area contributed by atoms with E-state index < -0.39 is 17.4 Å². The summed E-state index contributed by atoms with van der Waals surface area (Å²) in [6, 6.07) is 15.4. The van der Waals surface area contributed by atoms with Crippen molar-refractivity contribution in [2.75, 3.05) is 13.2 Å². The Hall–Kier alpha value is -3.15. The summed E-state index contributed by atoms with van der Waals surface area (Å²) in [7, 11) is 0. The van der Waals surface area contributed by atoms with E-state index in [1.165, 1.54) is 12.1 Å². The van der Waals surface area contributed by atoms with Gasteiger partial charge in [0.15, 0.2) is 11.6 Å². The lowest BCUT2D eigenvalue weighted by Gasteiger charge is -2.17. The average molecular weight is 367 g/mol. The highest BCUT2D eigenvalue weighted by molar-refractivity contribution is 5.84. The molecular weight excluding hydrogens is 349 g/mol. The van der Waals surface area contributed by atoms with Gasteiger partial charge in [-0.1, -0.05) is 24.3 Å². The molecule has 1 aromatic heterocycles. The van der Waals surface area contributed by atoms with Crippen molar-refractivity contribution >= 4 is 16.9 Å². The van der Waals surface area contributed by atoms with E-state index in [-0.39, 0.29) is 19.0 Å². The zero-order valence-electron chi connectivity index (χ0n) is 14.6. The Bertz CT molecular complexity index is 966. The summed E-state index contributed by atoms with van der Waals surface area (Å²) in [6.45, 7) is 0.285. The third-order valence-corrected chi connectivity index (χ3v) is 4.40.